The number of carbonyl (C=O) groups is 1. The first-order chi connectivity index (χ1) is 10.7. The van der Waals surface area contributed by atoms with Crippen LogP contribution >= 0.6 is 0 Å². The molecule has 2 aromatic carbocycles. The molecular weight excluding hydrogens is 272 g/mol. The maximum Gasteiger partial charge on any atom is 0.329 e. The van der Waals surface area contributed by atoms with Crippen LogP contribution in [0.3, 0.4) is 0 Å². The van der Waals surface area contributed by atoms with Gasteiger partial charge in [0.05, 0.1) is 0 Å². The van der Waals surface area contributed by atoms with Gasteiger partial charge in [0.15, 0.2) is 5.41 Å². The Balaban J connectivity index is 2.18. The molecule has 22 heavy (non-hydrogen) atoms. The third-order valence-electron chi connectivity index (χ3n) is 4.48. The fourth-order valence-electron chi connectivity index (χ4n) is 3.25. The van der Waals surface area contributed by atoms with Crippen LogP contribution in [0.25, 0.3) is 5.57 Å². The van der Waals surface area contributed by atoms with Crippen LogP contribution in [0.15, 0.2) is 66.4 Å². The van der Waals surface area contributed by atoms with Crippen LogP contribution in [0.2, 0.25) is 0 Å². The molecule has 2 heteroatoms. The van der Waals surface area contributed by atoms with Crippen molar-refractivity contribution in [2.45, 2.75) is 32.1 Å². The summed E-state index contributed by atoms with van der Waals surface area (Å²) in [6.07, 6.45) is 1.54. The molecule has 1 aliphatic rings. The predicted octanol–water partition coefficient (Wildman–Crippen LogP) is 4.71. The molecule has 0 aromatic heterocycles. The van der Waals surface area contributed by atoms with Gasteiger partial charge in [-0.1, -0.05) is 74.5 Å². The van der Waals surface area contributed by atoms with Gasteiger partial charge in [0, 0.05) is 0 Å². The first kappa shape index (κ1) is 14.6. The van der Waals surface area contributed by atoms with Crippen molar-refractivity contribution in [1.82, 2.24) is 0 Å². The average Bonchev–Trinajstić information content (AvgIpc) is 2.57. The standard InChI is InChI=1S/C20H20O2/c1-3-17(15-11-7-5-8-12-15)18-20(4-2,19(21)22-18)16-13-9-6-10-14-16/h5-14H,3-4H2,1-2H3/b18-17-/t20-/m1/s1. The molecule has 1 heterocycles. The Hall–Kier alpha value is -2.35. The topological polar surface area (TPSA) is 26.3 Å². The van der Waals surface area contributed by atoms with Crippen molar-refractivity contribution in [3.8, 4) is 0 Å². The molecule has 112 valence electrons. The monoisotopic (exact) mass is 292 g/mol. The number of cyclic esters (lactones) is 1. The van der Waals surface area contributed by atoms with Crippen LogP contribution < -0.4 is 0 Å². The van der Waals surface area contributed by atoms with Crippen LogP contribution in [0.4, 0.5) is 0 Å². The number of carbonyl (C=O) groups excluding carboxylic acids is 1. The van der Waals surface area contributed by atoms with Gasteiger partial charge in [-0.2, -0.15) is 0 Å². The summed E-state index contributed by atoms with van der Waals surface area (Å²) >= 11 is 0. The summed E-state index contributed by atoms with van der Waals surface area (Å²) in [6, 6.07) is 20.1. The number of esters is 1. The third-order valence-corrected chi connectivity index (χ3v) is 4.48. The quantitative estimate of drug-likeness (QED) is 0.763. The zero-order valence-corrected chi connectivity index (χ0v) is 13.0. The summed E-state index contributed by atoms with van der Waals surface area (Å²) in [5.41, 5.74) is 2.64. The molecule has 1 atom stereocenters. The highest BCUT2D eigenvalue weighted by Crippen LogP contribution is 2.49. The Bertz CT molecular complexity index is 701. The van der Waals surface area contributed by atoms with E-state index in [0.717, 1.165) is 28.9 Å². The van der Waals surface area contributed by atoms with E-state index >= 15 is 0 Å². The number of ether oxygens (including phenoxy) is 1. The molecule has 3 rings (SSSR count). The van der Waals surface area contributed by atoms with E-state index in [0.29, 0.717) is 6.42 Å². The maximum atomic E-state index is 12.4. The van der Waals surface area contributed by atoms with Gasteiger partial charge < -0.3 is 4.74 Å². The normalized spacial score (nSPS) is 22.7. The number of rotatable bonds is 4. The number of hydrogen-bond acceptors (Lipinski definition) is 2. The van der Waals surface area contributed by atoms with Crippen molar-refractivity contribution < 1.29 is 9.53 Å². The van der Waals surface area contributed by atoms with E-state index in [1.165, 1.54) is 0 Å². The van der Waals surface area contributed by atoms with Crippen molar-refractivity contribution in [2.75, 3.05) is 0 Å². The highest BCUT2D eigenvalue weighted by Gasteiger charge is 2.55. The van der Waals surface area contributed by atoms with Crippen LogP contribution in [0.5, 0.6) is 0 Å². The Kier molecular flexibility index (Phi) is 3.84. The summed E-state index contributed by atoms with van der Waals surface area (Å²) in [6.45, 7) is 4.15. The van der Waals surface area contributed by atoms with Crippen molar-refractivity contribution in [3.05, 3.63) is 77.5 Å². The second-order valence-corrected chi connectivity index (χ2v) is 5.54. The van der Waals surface area contributed by atoms with E-state index in [1.54, 1.807) is 0 Å². The predicted molar refractivity (Wildman–Crippen MR) is 88.2 cm³/mol. The summed E-state index contributed by atoms with van der Waals surface area (Å²) in [5, 5.41) is 0. The molecular formula is C20H20O2. The summed E-state index contributed by atoms with van der Waals surface area (Å²) in [7, 11) is 0. The zero-order valence-electron chi connectivity index (χ0n) is 13.0. The minimum Gasteiger partial charge on any atom is -0.428 e. The molecule has 0 N–H and O–H groups in total. The first-order valence-electron chi connectivity index (χ1n) is 7.81. The van der Waals surface area contributed by atoms with Gasteiger partial charge in [0.1, 0.15) is 5.76 Å². The Morgan fingerprint density at radius 3 is 2.05 bits per heavy atom. The second-order valence-electron chi connectivity index (χ2n) is 5.54. The number of allylic oxidation sites excluding steroid dienone is 1. The molecule has 0 spiro atoms. The number of benzene rings is 2. The minimum atomic E-state index is -0.623. The van der Waals surface area contributed by atoms with Gasteiger partial charge in [-0.05, 0) is 29.5 Å². The Morgan fingerprint density at radius 2 is 1.55 bits per heavy atom. The lowest BCUT2D eigenvalue weighted by Gasteiger charge is -2.42. The Morgan fingerprint density at radius 1 is 0.955 bits per heavy atom. The van der Waals surface area contributed by atoms with Crippen molar-refractivity contribution in [2.24, 2.45) is 0 Å². The van der Waals surface area contributed by atoms with Gasteiger partial charge in [-0.25, -0.2) is 0 Å². The van der Waals surface area contributed by atoms with Gasteiger partial charge in [-0.15, -0.1) is 0 Å². The molecule has 0 unspecified atom stereocenters. The summed E-state index contributed by atoms with van der Waals surface area (Å²) in [5.74, 6) is 0.679. The highest BCUT2D eigenvalue weighted by atomic mass is 16.6. The first-order valence-corrected chi connectivity index (χ1v) is 7.81. The van der Waals surface area contributed by atoms with Crippen LogP contribution in [0, 0.1) is 0 Å². The molecule has 2 nitrogen and oxygen atoms in total. The molecule has 1 aliphatic heterocycles. The molecule has 1 fully saturated rings. The molecule has 1 saturated heterocycles. The maximum absolute atomic E-state index is 12.4. The smallest absolute Gasteiger partial charge is 0.329 e. The molecule has 0 amide bonds. The Labute approximate surface area is 131 Å². The van der Waals surface area contributed by atoms with E-state index in [2.05, 4.69) is 19.1 Å². The highest BCUT2D eigenvalue weighted by molar-refractivity contribution is 5.98. The summed E-state index contributed by atoms with van der Waals surface area (Å²) < 4.78 is 5.55. The molecule has 0 saturated carbocycles. The third kappa shape index (κ3) is 2.07. The molecule has 0 aliphatic carbocycles. The van der Waals surface area contributed by atoms with Crippen molar-refractivity contribution >= 4 is 11.5 Å². The lowest BCUT2D eigenvalue weighted by atomic mass is 9.70. The van der Waals surface area contributed by atoms with E-state index in [1.807, 2.05) is 55.5 Å². The zero-order chi connectivity index (χ0) is 15.6. The van der Waals surface area contributed by atoms with Gasteiger partial charge in [0.25, 0.3) is 0 Å². The van der Waals surface area contributed by atoms with Crippen molar-refractivity contribution in [3.63, 3.8) is 0 Å². The van der Waals surface area contributed by atoms with Crippen LogP contribution in [-0.4, -0.2) is 5.97 Å². The van der Waals surface area contributed by atoms with Gasteiger partial charge in [0.2, 0.25) is 0 Å². The molecule has 0 radical (unpaired) electrons. The fourth-order valence-corrected chi connectivity index (χ4v) is 3.25. The second kappa shape index (κ2) is 5.80. The lowest BCUT2D eigenvalue weighted by Crippen LogP contribution is -2.50. The van der Waals surface area contributed by atoms with E-state index < -0.39 is 5.41 Å². The minimum absolute atomic E-state index is 0.141. The number of hydrogen-bond donors (Lipinski definition) is 0. The average molecular weight is 292 g/mol. The van der Waals surface area contributed by atoms with Crippen LogP contribution in [0.1, 0.15) is 37.8 Å². The van der Waals surface area contributed by atoms with E-state index in [-0.39, 0.29) is 5.97 Å². The van der Waals surface area contributed by atoms with Crippen LogP contribution in [-0.2, 0) is 14.9 Å². The van der Waals surface area contributed by atoms with Crippen molar-refractivity contribution in [1.29, 1.82) is 0 Å². The van der Waals surface area contributed by atoms with Gasteiger partial charge in [-0.3, -0.25) is 4.79 Å². The van der Waals surface area contributed by atoms with E-state index in [4.69, 9.17) is 4.74 Å². The van der Waals surface area contributed by atoms with E-state index in [9.17, 15) is 4.79 Å². The fraction of sp³-hybridized carbons (Fsp3) is 0.250. The van der Waals surface area contributed by atoms with Gasteiger partial charge >= 0.3 is 5.97 Å². The summed E-state index contributed by atoms with van der Waals surface area (Å²) in [4.78, 5) is 12.4. The molecule has 2 aromatic rings. The SMILES string of the molecule is CC/C(=C1/OC(=O)[C@]1(CC)c1ccccc1)c1ccccc1. The lowest BCUT2D eigenvalue weighted by molar-refractivity contribution is -0.160. The largest absolute Gasteiger partial charge is 0.428 e. The molecule has 0 bridgehead atoms.